The van der Waals surface area contributed by atoms with E-state index in [0.717, 1.165) is 18.2 Å². The molecule has 0 aliphatic rings. The van der Waals surface area contributed by atoms with Crippen LogP contribution in [-0.2, 0) is 6.18 Å². The first kappa shape index (κ1) is 25.3. The summed E-state index contributed by atoms with van der Waals surface area (Å²) in [6.45, 7) is 3.43. The minimum absolute atomic E-state index is 0.0250. The molecule has 0 saturated carbocycles. The van der Waals surface area contributed by atoms with E-state index in [9.17, 15) is 32.7 Å². The van der Waals surface area contributed by atoms with Crippen LogP contribution in [0, 0.1) is 6.92 Å². The van der Waals surface area contributed by atoms with Gasteiger partial charge >= 0.3 is 12.1 Å². The summed E-state index contributed by atoms with van der Waals surface area (Å²) in [6, 6.07) is 13.3. The number of para-hydroxylation sites is 2. The summed E-state index contributed by atoms with van der Waals surface area (Å²) < 4.78 is 44.9. The van der Waals surface area contributed by atoms with Crippen molar-refractivity contribution in [3.05, 3.63) is 88.5 Å². The summed E-state index contributed by atoms with van der Waals surface area (Å²) >= 11 is 0. The molecule has 0 radical (unpaired) electrons. The second-order valence-electron chi connectivity index (χ2n) is 7.43. The van der Waals surface area contributed by atoms with Crippen molar-refractivity contribution >= 4 is 29.2 Å². The SMILES string of the molecule is CCOc1ccccc1NC(=O)c1ccc(C(=O)Nc2ccc(C)c(C(F)(F)F)c2)c(C(=O)O)c1. The molecule has 3 rings (SSSR count). The predicted octanol–water partition coefficient (Wildman–Crippen LogP) is 5.62. The molecule has 182 valence electrons. The van der Waals surface area contributed by atoms with Gasteiger partial charge in [-0.3, -0.25) is 9.59 Å². The van der Waals surface area contributed by atoms with Crippen molar-refractivity contribution in [2.75, 3.05) is 17.2 Å². The highest BCUT2D eigenvalue weighted by Crippen LogP contribution is 2.33. The van der Waals surface area contributed by atoms with Crippen LogP contribution in [0.5, 0.6) is 5.75 Å². The smallest absolute Gasteiger partial charge is 0.416 e. The van der Waals surface area contributed by atoms with E-state index in [1.54, 1.807) is 31.2 Å². The van der Waals surface area contributed by atoms with E-state index in [-0.39, 0.29) is 22.4 Å². The summed E-state index contributed by atoms with van der Waals surface area (Å²) in [5, 5.41) is 14.5. The Kier molecular flexibility index (Phi) is 7.43. The molecule has 0 aromatic heterocycles. The molecule has 0 aliphatic heterocycles. The fraction of sp³-hybridized carbons (Fsp3) is 0.160. The van der Waals surface area contributed by atoms with Gasteiger partial charge in [-0.25, -0.2) is 4.79 Å². The lowest BCUT2D eigenvalue weighted by Gasteiger charge is -2.14. The van der Waals surface area contributed by atoms with Gasteiger partial charge in [0.1, 0.15) is 5.75 Å². The molecule has 10 heteroatoms. The second kappa shape index (κ2) is 10.3. The second-order valence-corrected chi connectivity index (χ2v) is 7.43. The van der Waals surface area contributed by atoms with Crippen molar-refractivity contribution in [1.82, 2.24) is 0 Å². The molecule has 0 spiro atoms. The van der Waals surface area contributed by atoms with Gasteiger partial charge in [0.05, 0.1) is 29.0 Å². The Labute approximate surface area is 198 Å². The van der Waals surface area contributed by atoms with Gasteiger partial charge < -0.3 is 20.5 Å². The lowest BCUT2D eigenvalue weighted by molar-refractivity contribution is -0.138. The Morgan fingerprint density at radius 1 is 0.914 bits per heavy atom. The van der Waals surface area contributed by atoms with Crippen LogP contribution >= 0.6 is 0 Å². The summed E-state index contributed by atoms with van der Waals surface area (Å²) in [4.78, 5) is 37.2. The summed E-state index contributed by atoms with van der Waals surface area (Å²) in [5.74, 6) is -2.64. The van der Waals surface area contributed by atoms with Crippen molar-refractivity contribution < 1.29 is 37.4 Å². The lowest BCUT2D eigenvalue weighted by atomic mass is 10.0. The van der Waals surface area contributed by atoms with Gasteiger partial charge in [0, 0.05) is 11.3 Å². The summed E-state index contributed by atoms with van der Waals surface area (Å²) in [5.41, 5.74) is -1.58. The van der Waals surface area contributed by atoms with Gasteiger partial charge in [-0.2, -0.15) is 13.2 Å². The molecular weight excluding hydrogens is 465 g/mol. The van der Waals surface area contributed by atoms with Crippen molar-refractivity contribution in [3.63, 3.8) is 0 Å². The Balaban J connectivity index is 1.87. The first-order valence-electron chi connectivity index (χ1n) is 10.4. The largest absolute Gasteiger partial charge is 0.492 e. The number of alkyl halides is 3. The van der Waals surface area contributed by atoms with Gasteiger partial charge in [0.2, 0.25) is 0 Å². The van der Waals surface area contributed by atoms with Gasteiger partial charge in [0.25, 0.3) is 11.8 Å². The number of aromatic carboxylic acids is 1. The first-order valence-corrected chi connectivity index (χ1v) is 10.4. The lowest BCUT2D eigenvalue weighted by Crippen LogP contribution is -2.19. The number of carbonyl (C=O) groups is 3. The molecular formula is C25H21F3N2O5. The fourth-order valence-electron chi connectivity index (χ4n) is 3.31. The number of anilines is 2. The van der Waals surface area contributed by atoms with Gasteiger partial charge in [-0.05, 0) is 61.9 Å². The van der Waals surface area contributed by atoms with Crippen LogP contribution in [-0.4, -0.2) is 29.5 Å². The van der Waals surface area contributed by atoms with E-state index in [0.29, 0.717) is 18.0 Å². The third-order valence-electron chi connectivity index (χ3n) is 4.99. The minimum atomic E-state index is -4.62. The Hall–Kier alpha value is -4.34. The normalized spacial score (nSPS) is 11.0. The molecule has 35 heavy (non-hydrogen) atoms. The van der Waals surface area contributed by atoms with Crippen molar-refractivity contribution in [1.29, 1.82) is 0 Å². The van der Waals surface area contributed by atoms with Crippen LogP contribution in [0.25, 0.3) is 0 Å². The highest BCUT2D eigenvalue weighted by Gasteiger charge is 2.32. The van der Waals surface area contributed by atoms with E-state index >= 15 is 0 Å². The molecule has 0 fully saturated rings. The summed E-state index contributed by atoms with van der Waals surface area (Å²) in [7, 11) is 0. The van der Waals surface area contributed by atoms with Crippen LogP contribution < -0.4 is 15.4 Å². The monoisotopic (exact) mass is 486 g/mol. The number of carbonyl (C=O) groups excluding carboxylic acids is 2. The Morgan fingerprint density at radius 3 is 2.29 bits per heavy atom. The average Bonchev–Trinajstić information content (AvgIpc) is 2.80. The number of ether oxygens (including phenoxy) is 1. The molecule has 0 saturated heterocycles. The van der Waals surface area contributed by atoms with E-state index in [1.807, 2.05) is 0 Å². The van der Waals surface area contributed by atoms with Crippen LogP contribution in [0.2, 0.25) is 0 Å². The van der Waals surface area contributed by atoms with Gasteiger partial charge in [0.15, 0.2) is 0 Å². The van der Waals surface area contributed by atoms with Gasteiger partial charge in [-0.1, -0.05) is 18.2 Å². The standard InChI is InChI=1S/C25H21F3N2O5/c1-3-35-21-7-5-4-6-20(21)30-22(31)15-9-11-17(18(12-15)24(33)34)23(32)29-16-10-8-14(2)19(13-16)25(26,27)28/h4-13H,3H2,1-2H3,(H,29,32)(H,30,31)(H,33,34). The zero-order chi connectivity index (χ0) is 25.8. The topological polar surface area (TPSA) is 105 Å². The third kappa shape index (κ3) is 5.97. The van der Waals surface area contributed by atoms with Crippen LogP contribution in [0.1, 0.15) is 49.1 Å². The molecule has 3 aromatic rings. The average molecular weight is 486 g/mol. The van der Waals surface area contributed by atoms with E-state index in [1.165, 1.54) is 25.1 Å². The van der Waals surface area contributed by atoms with Crippen molar-refractivity contribution in [3.8, 4) is 5.75 Å². The quantitative estimate of drug-likeness (QED) is 0.402. The molecule has 0 atom stereocenters. The van der Waals surface area contributed by atoms with Crippen molar-refractivity contribution in [2.24, 2.45) is 0 Å². The van der Waals surface area contributed by atoms with Crippen molar-refractivity contribution in [2.45, 2.75) is 20.0 Å². The van der Waals surface area contributed by atoms with Crippen LogP contribution in [0.3, 0.4) is 0 Å². The zero-order valence-electron chi connectivity index (χ0n) is 18.7. The number of carboxylic acid groups (broad SMARTS) is 1. The van der Waals surface area contributed by atoms with Crippen LogP contribution in [0.15, 0.2) is 60.7 Å². The molecule has 0 aliphatic carbocycles. The number of carboxylic acids is 1. The third-order valence-corrected chi connectivity index (χ3v) is 4.99. The number of hydrogen-bond acceptors (Lipinski definition) is 4. The molecule has 7 nitrogen and oxygen atoms in total. The molecule has 2 amide bonds. The number of rotatable bonds is 7. The molecule has 3 aromatic carbocycles. The number of aryl methyl sites for hydroxylation is 1. The highest BCUT2D eigenvalue weighted by atomic mass is 19.4. The number of halogens is 3. The molecule has 0 unspecified atom stereocenters. The van der Waals surface area contributed by atoms with E-state index < -0.39 is 35.1 Å². The van der Waals surface area contributed by atoms with E-state index in [2.05, 4.69) is 10.6 Å². The molecule has 0 bridgehead atoms. The fourth-order valence-corrected chi connectivity index (χ4v) is 3.31. The maximum absolute atomic E-state index is 13.2. The zero-order valence-corrected chi connectivity index (χ0v) is 18.7. The van der Waals surface area contributed by atoms with Crippen LogP contribution in [0.4, 0.5) is 24.5 Å². The predicted molar refractivity (Wildman–Crippen MR) is 123 cm³/mol. The number of amides is 2. The molecule has 0 heterocycles. The maximum atomic E-state index is 13.2. The Morgan fingerprint density at radius 2 is 1.63 bits per heavy atom. The maximum Gasteiger partial charge on any atom is 0.416 e. The van der Waals surface area contributed by atoms with E-state index in [4.69, 9.17) is 4.74 Å². The minimum Gasteiger partial charge on any atom is -0.492 e. The number of benzene rings is 3. The molecule has 3 N–H and O–H groups in total. The Bertz CT molecular complexity index is 1290. The number of nitrogens with one attached hydrogen (secondary N) is 2. The highest BCUT2D eigenvalue weighted by molar-refractivity contribution is 6.13. The van der Waals surface area contributed by atoms with Gasteiger partial charge in [-0.15, -0.1) is 0 Å². The first-order chi connectivity index (χ1) is 16.5. The summed E-state index contributed by atoms with van der Waals surface area (Å²) in [6.07, 6.45) is -4.62. The number of hydrogen-bond donors (Lipinski definition) is 3.